The highest BCUT2D eigenvalue weighted by Gasteiger charge is 1.95. The Balaban J connectivity index is 0. The second-order valence-electron chi connectivity index (χ2n) is 2.33. The minimum absolute atomic E-state index is 1.50. The zero-order valence-corrected chi connectivity index (χ0v) is 8.69. The molecule has 0 heterocycles. The molecule has 0 unspecified atom stereocenters. The van der Waals surface area contributed by atoms with Gasteiger partial charge in [-0.15, -0.1) is 0 Å². The second kappa shape index (κ2) is 16.9. The van der Waals surface area contributed by atoms with E-state index in [1.54, 1.807) is 10.3 Å². The number of isothiocyanates is 2. The van der Waals surface area contributed by atoms with Crippen molar-refractivity contribution in [2.75, 3.05) is 0 Å². The number of nitrogens with one attached hydrogen (secondary N) is 2. The van der Waals surface area contributed by atoms with Gasteiger partial charge in [-0.05, 0) is 24.4 Å². The summed E-state index contributed by atoms with van der Waals surface area (Å²) in [5.74, 6) is 0. The molecule has 0 aromatic carbocycles. The molecule has 1 aliphatic carbocycles. The molecule has 0 amide bonds. The van der Waals surface area contributed by atoms with Gasteiger partial charge in [0.25, 0.3) is 0 Å². The van der Waals surface area contributed by atoms with E-state index < -0.39 is 0 Å². The quantitative estimate of drug-likeness (QED) is 0.465. The third-order valence-corrected chi connectivity index (χ3v) is 1.50. The summed E-state index contributed by atoms with van der Waals surface area (Å²) in [6.07, 6.45) is 9.00. The van der Waals surface area contributed by atoms with Crippen molar-refractivity contribution in [3.63, 3.8) is 0 Å². The predicted octanol–water partition coefficient (Wildman–Crippen LogP) is 3.68. The van der Waals surface area contributed by atoms with Gasteiger partial charge in [-0.25, -0.2) is 10.8 Å². The van der Waals surface area contributed by atoms with Gasteiger partial charge in [0.15, 0.2) is 0 Å². The first-order valence-electron chi connectivity index (χ1n) is 3.91. The van der Waals surface area contributed by atoms with Crippen molar-refractivity contribution in [2.45, 2.75) is 38.5 Å². The van der Waals surface area contributed by atoms with Crippen LogP contribution in [0.25, 0.3) is 0 Å². The molecule has 1 fully saturated rings. The molecule has 0 aromatic heterocycles. The lowest BCUT2D eigenvalue weighted by atomic mass is 10.0. The molecular weight excluding hydrogens is 188 g/mol. The highest BCUT2D eigenvalue weighted by atomic mass is 32.1. The minimum atomic E-state index is 1.50. The Morgan fingerprint density at radius 3 is 0.833 bits per heavy atom. The monoisotopic (exact) mass is 202 g/mol. The van der Waals surface area contributed by atoms with Crippen molar-refractivity contribution < 1.29 is 0 Å². The van der Waals surface area contributed by atoms with Crippen molar-refractivity contribution in [3.8, 4) is 0 Å². The highest BCUT2D eigenvalue weighted by Crippen LogP contribution is 2.15. The largest absolute Gasteiger partial charge is 0.248 e. The smallest absolute Gasteiger partial charge is 0.0554 e. The fraction of sp³-hybridized carbons (Fsp3) is 0.750. The van der Waals surface area contributed by atoms with Crippen LogP contribution in [-0.2, 0) is 0 Å². The molecule has 1 saturated carbocycles. The van der Waals surface area contributed by atoms with Crippen LogP contribution in [0.5, 0.6) is 0 Å². The minimum Gasteiger partial charge on any atom is -0.248 e. The lowest BCUT2D eigenvalue weighted by Crippen LogP contribution is -1.85. The van der Waals surface area contributed by atoms with Crippen molar-refractivity contribution in [3.05, 3.63) is 0 Å². The van der Waals surface area contributed by atoms with E-state index in [1.165, 1.54) is 38.5 Å². The molecule has 68 valence electrons. The summed E-state index contributed by atoms with van der Waals surface area (Å²) in [5, 5.41) is 14.7. The Labute approximate surface area is 84.4 Å². The van der Waals surface area contributed by atoms with Crippen molar-refractivity contribution in [1.29, 1.82) is 10.8 Å². The van der Waals surface area contributed by atoms with Gasteiger partial charge in [0.1, 0.15) is 0 Å². The lowest BCUT2D eigenvalue weighted by molar-refractivity contribution is 0.504. The molecule has 2 N–H and O–H groups in total. The molecule has 2 nitrogen and oxygen atoms in total. The Hall–Kier alpha value is -0.400. The molecule has 0 radical (unpaired) electrons. The molecule has 0 aromatic rings. The second-order valence-corrected chi connectivity index (χ2v) is 2.73. The van der Waals surface area contributed by atoms with Gasteiger partial charge in [-0.1, -0.05) is 38.5 Å². The van der Waals surface area contributed by atoms with Crippen LogP contribution in [0.2, 0.25) is 0 Å². The van der Waals surface area contributed by atoms with E-state index in [4.69, 9.17) is 10.8 Å². The lowest BCUT2D eigenvalue weighted by Gasteiger charge is -2.05. The Kier molecular flexibility index (Phi) is 19.9. The molecule has 1 aliphatic rings. The topological polar surface area (TPSA) is 47.7 Å². The fourth-order valence-electron chi connectivity index (χ4n) is 1.06. The third-order valence-electron chi connectivity index (χ3n) is 1.50. The molecule has 0 bridgehead atoms. The average Bonchev–Trinajstić information content (AvgIpc) is 2.10. The summed E-state index contributed by atoms with van der Waals surface area (Å²) >= 11 is 7.62. The molecule has 0 spiro atoms. The summed E-state index contributed by atoms with van der Waals surface area (Å²) in [6, 6.07) is 0. The van der Waals surface area contributed by atoms with Gasteiger partial charge in [0, 0.05) is 0 Å². The van der Waals surface area contributed by atoms with E-state index in [2.05, 4.69) is 24.4 Å². The van der Waals surface area contributed by atoms with Crippen LogP contribution >= 0.6 is 24.4 Å². The number of rotatable bonds is 0. The maximum Gasteiger partial charge on any atom is 0.0554 e. The van der Waals surface area contributed by atoms with E-state index in [9.17, 15) is 0 Å². The molecule has 12 heavy (non-hydrogen) atoms. The van der Waals surface area contributed by atoms with Gasteiger partial charge < -0.3 is 0 Å². The van der Waals surface area contributed by atoms with E-state index in [-0.39, 0.29) is 0 Å². The van der Waals surface area contributed by atoms with Gasteiger partial charge in [-0.2, -0.15) is 0 Å². The van der Waals surface area contributed by atoms with Crippen LogP contribution in [0.3, 0.4) is 0 Å². The summed E-state index contributed by atoms with van der Waals surface area (Å²) in [6.45, 7) is 0. The standard InChI is InChI=1S/C6H12.2CHNS/c1-2-4-6-5-3-1;2*2-1-3/h1-6H2;2*2H. The van der Waals surface area contributed by atoms with E-state index in [0.29, 0.717) is 0 Å². The van der Waals surface area contributed by atoms with Crippen LogP contribution < -0.4 is 0 Å². The van der Waals surface area contributed by atoms with Crippen molar-refractivity contribution in [2.24, 2.45) is 0 Å². The first-order chi connectivity index (χ1) is 5.83. The zero-order chi connectivity index (χ0) is 9.66. The normalized spacial score (nSPS) is 13.3. The number of thiocarbonyl (C=S) groups is 2. The first-order valence-corrected chi connectivity index (χ1v) is 4.72. The first kappa shape index (κ1) is 14.1. The molecule has 4 heteroatoms. The maximum atomic E-state index is 5.77. The Bertz CT molecular complexity index is 118. The fourth-order valence-corrected chi connectivity index (χ4v) is 1.06. The summed E-state index contributed by atoms with van der Waals surface area (Å²) < 4.78 is 0. The maximum absolute atomic E-state index is 5.77. The van der Waals surface area contributed by atoms with Gasteiger partial charge in [-0.3, -0.25) is 0 Å². The molecule has 0 aliphatic heterocycles. The molecule has 0 atom stereocenters. The Morgan fingerprint density at radius 1 is 0.667 bits per heavy atom. The molecule has 0 saturated heterocycles. The number of hydrogen-bond donors (Lipinski definition) is 2. The zero-order valence-electron chi connectivity index (χ0n) is 7.06. The molecular formula is C8H14N2S2. The predicted molar refractivity (Wildman–Crippen MR) is 58.3 cm³/mol. The molecule has 1 rings (SSSR count). The summed E-state index contributed by atoms with van der Waals surface area (Å²) in [5.41, 5.74) is 0. The van der Waals surface area contributed by atoms with Crippen molar-refractivity contribution >= 4 is 34.8 Å². The van der Waals surface area contributed by atoms with E-state index >= 15 is 0 Å². The van der Waals surface area contributed by atoms with Crippen LogP contribution in [0, 0.1) is 10.8 Å². The van der Waals surface area contributed by atoms with E-state index in [1.807, 2.05) is 0 Å². The van der Waals surface area contributed by atoms with Gasteiger partial charge in [0.05, 0.1) is 10.3 Å². The van der Waals surface area contributed by atoms with Crippen LogP contribution in [0.15, 0.2) is 0 Å². The van der Waals surface area contributed by atoms with Crippen LogP contribution in [0.1, 0.15) is 38.5 Å². The van der Waals surface area contributed by atoms with Crippen molar-refractivity contribution in [1.82, 2.24) is 0 Å². The summed E-state index contributed by atoms with van der Waals surface area (Å²) in [4.78, 5) is 0. The van der Waals surface area contributed by atoms with E-state index in [0.717, 1.165) is 0 Å². The third kappa shape index (κ3) is 22.6. The van der Waals surface area contributed by atoms with Crippen LogP contribution in [0.4, 0.5) is 0 Å². The highest BCUT2D eigenvalue weighted by molar-refractivity contribution is 7.78. The van der Waals surface area contributed by atoms with Crippen LogP contribution in [-0.4, -0.2) is 10.3 Å². The number of hydrogen-bond acceptors (Lipinski definition) is 4. The SMILES string of the molecule is C1CCCCC1.N=C=S.N=C=S. The average molecular weight is 202 g/mol. The Morgan fingerprint density at radius 2 is 0.750 bits per heavy atom. The summed E-state index contributed by atoms with van der Waals surface area (Å²) in [7, 11) is 0. The van der Waals surface area contributed by atoms with Gasteiger partial charge in [0.2, 0.25) is 0 Å². The van der Waals surface area contributed by atoms with Gasteiger partial charge >= 0.3 is 0 Å².